The van der Waals surface area contributed by atoms with Gasteiger partial charge in [-0.15, -0.1) is 0 Å². The van der Waals surface area contributed by atoms with Crippen molar-refractivity contribution in [3.63, 3.8) is 0 Å². The minimum Gasteiger partial charge on any atom is -0.495 e. The number of fused-ring (bicyclic) bond motifs is 1. The van der Waals surface area contributed by atoms with E-state index in [4.69, 9.17) is 4.74 Å². The van der Waals surface area contributed by atoms with Crippen LogP contribution in [0.1, 0.15) is 6.55 Å². The third-order valence-corrected chi connectivity index (χ3v) is 6.73. The molecule has 1 fully saturated rings. The van der Waals surface area contributed by atoms with Gasteiger partial charge < -0.3 is 25.2 Å². The van der Waals surface area contributed by atoms with Crippen LogP contribution in [-0.2, 0) is 4.79 Å². The number of rotatable bonds is 8. The molecule has 1 aliphatic heterocycles. The number of nitrogens with one attached hydrogen (secondary N) is 2. The summed E-state index contributed by atoms with van der Waals surface area (Å²) in [6, 6.07) is 12.4. The van der Waals surface area contributed by atoms with Gasteiger partial charge in [0.25, 0.3) is 0 Å². The molecule has 4 aromatic rings. The monoisotopic (exact) mass is 533 g/mol. The zero-order valence-corrected chi connectivity index (χ0v) is 21.7. The summed E-state index contributed by atoms with van der Waals surface area (Å²) in [4.78, 5) is 25.1. The molecule has 0 atom stereocenters. The number of benzene rings is 2. The Kier molecular flexibility index (Phi) is 7.42. The fourth-order valence-electron chi connectivity index (χ4n) is 4.63. The van der Waals surface area contributed by atoms with Crippen LogP contribution in [0.5, 0.6) is 5.75 Å². The van der Waals surface area contributed by atoms with Gasteiger partial charge in [0, 0.05) is 60.9 Å². The Morgan fingerprint density at radius 2 is 1.92 bits per heavy atom. The normalized spacial score (nSPS) is 14.0. The summed E-state index contributed by atoms with van der Waals surface area (Å²) in [6.07, 6.45) is 4.17. The maximum atomic E-state index is 14.1. The number of ether oxygens (including phenoxy) is 1. The average molecular weight is 534 g/mol. The van der Waals surface area contributed by atoms with Crippen LogP contribution in [0.3, 0.4) is 0 Å². The van der Waals surface area contributed by atoms with Crippen LogP contribution in [0, 0.1) is 0 Å². The van der Waals surface area contributed by atoms with Crippen LogP contribution < -0.4 is 20.3 Å². The molecule has 1 saturated heterocycles. The molecule has 1 amide bonds. The number of alkyl halides is 2. The van der Waals surface area contributed by atoms with Gasteiger partial charge in [-0.25, -0.2) is 9.97 Å². The van der Waals surface area contributed by atoms with E-state index in [1.54, 1.807) is 30.5 Å². The van der Waals surface area contributed by atoms with E-state index < -0.39 is 6.55 Å². The molecule has 9 nitrogen and oxygen atoms in total. The quantitative estimate of drug-likeness (QED) is 0.304. The third kappa shape index (κ3) is 5.53. The van der Waals surface area contributed by atoms with E-state index in [0.29, 0.717) is 39.3 Å². The van der Waals surface area contributed by atoms with Gasteiger partial charge in [0.05, 0.1) is 24.0 Å². The average Bonchev–Trinajstić information content (AvgIpc) is 3.33. The topological polar surface area (TPSA) is 87.5 Å². The Balaban J connectivity index is 1.48. The van der Waals surface area contributed by atoms with Crippen molar-refractivity contribution in [1.29, 1.82) is 0 Å². The highest BCUT2D eigenvalue weighted by atomic mass is 19.3. The molecule has 2 N–H and O–H groups in total. The molecule has 2 aromatic carbocycles. The minimum atomic E-state index is -2.71. The molecule has 11 heteroatoms. The number of aromatic nitrogens is 3. The SMILES string of the molecule is C=CC(=O)Nc1ccc(OC)c(Nc2nccc(-c3cn(C(F)F)c4cc(N5CCN(C)CC5)ccc34)n2)c1. The molecule has 0 unspecified atom stereocenters. The summed E-state index contributed by atoms with van der Waals surface area (Å²) < 4.78 is 34.6. The van der Waals surface area contributed by atoms with Crippen molar-refractivity contribution in [1.82, 2.24) is 19.4 Å². The maximum absolute atomic E-state index is 14.1. The standard InChI is InChI=1S/C28H29F2N7O2/c1-4-26(38)32-18-5-8-25(39-3)23(15-18)34-28-31-10-9-22(33-28)21-17-37(27(29)30)24-16-19(6-7-20(21)24)36-13-11-35(2)12-14-36/h4-10,15-17,27H,1,11-14H2,2-3H3,(H,32,38)(H,31,33,34). The maximum Gasteiger partial charge on any atom is 0.319 e. The second kappa shape index (κ2) is 11.1. The van der Waals surface area contributed by atoms with Crippen molar-refractivity contribution in [2.45, 2.75) is 6.55 Å². The number of hydrogen-bond acceptors (Lipinski definition) is 7. The summed E-state index contributed by atoms with van der Waals surface area (Å²) in [5, 5.41) is 6.48. The van der Waals surface area contributed by atoms with Gasteiger partial charge in [-0.1, -0.05) is 12.6 Å². The lowest BCUT2D eigenvalue weighted by molar-refractivity contribution is -0.111. The minimum absolute atomic E-state index is 0.241. The van der Waals surface area contributed by atoms with Gasteiger partial charge in [0.1, 0.15) is 5.75 Å². The van der Waals surface area contributed by atoms with Crippen molar-refractivity contribution >= 4 is 39.8 Å². The van der Waals surface area contributed by atoms with Crippen LogP contribution in [0.2, 0.25) is 0 Å². The van der Waals surface area contributed by atoms with E-state index >= 15 is 0 Å². The van der Waals surface area contributed by atoms with Crippen LogP contribution in [0.25, 0.3) is 22.2 Å². The molecule has 0 saturated carbocycles. The number of carbonyl (C=O) groups is 1. The van der Waals surface area contributed by atoms with Gasteiger partial charge in [0.2, 0.25) is 11.9 Å². The zero-order valence-electron chi connectivity index (χ0n) is 21.7. The molecule has 5 rings (SSSR count). The summed E-state index contributed by atoms with van der Waals surface area (Å²) in [5.74, 6) is 0.395. The first-order valence-corrected chi connectivity index (χ1v) is 12.4. The number of nitrogens with zero attached hydrogens (tertiary/aromatic N) is 5. The van der Waals surface area contributed by atoms with Crippen molar-refractivity contribution < 1.29 is 18.3 Å². The highest BCUT2D eigenvalue weighted by Gasteiger charge is 2.20. The van der Waals surface area contributed by atoms with Crippen LogP contribution in [-0.4, -0.2) is 65.7 Å². The van der Waals surface area contributed by atoms with Gasteiger partial charge in [0.15, 0.2) is 0 Å². The van der Waals surface area contributed by atoms with Crippen molar-refractivity contribution in [3.8, 4) is 17.0 Å². The summed E-state index contributed by atoms with van der Waals surface area (Å²) in [5.41, 5.74) is 3.46. The first-order valence-electron chi connectivity index (χ1n) is 12.4. The Morgan fingerprint density at radius 1 is 1.13 bits per heavy atom. The lowest BCUT2D eigenvalue weighted by Crippen LogP contribution is -2.44. The van der Waals surface area contributed by atoms with Gasteiger partial charge >= 0.3 is 6.55 Å². The fourth-order valence-corrected chi connectivity index (χ4v) is 4.63. The Labute approximate surface area is 224 Å². The predicted octanol–water partition coefficient (Wildman–Crippen LogP) is 5.12. The second-order valence-electron chi connectivity index (χ2n) is 9.22. The van der Waals surface area contributed by atoms with E-state index in [1.165, 1.54) is 19.4 Å². The molecule has 1 aliphatic rings. The first kappa shape index (κ1) is 26.1. The predicted molar refractivity (Wildman–Crippen MR) is 149 cm³/mol. The lowest BCUT2D eigenvalue weighted by Gasteiger charge is -2.34. The fraction of sp³-hybridized carbons (Fsp3) is 0.250. The molecule has 0 bridgehead atoms. The number of halogens is 2. The van der Waals surface area contributed by atoms with Crippen LogP contribution in [0.15, 0.2) is 67.5 Å². The molecular formula is C28H29F2N7O2. The molecule has 0 radical (unpaired) electrons. The van der Waals surface area contributed by atoms with Gasteiger partial charge in [-0.05, 0) is 49.5 Å². The van der Waals surface area contributed by atoms with Crippen LogP contribution in [0.4, 0.5) is 31.8 Å². The number of anilines is 4. The Hall–Kier alpha value is -4.51. The van der Waals surface area contributed by atoms with Crippen molar-refractivity contribution in [3.05, 3.63) is 67.5 Å². The molecule has 0 aliphatic carbocycles. The largest absolute Gasteiger partial charge is 0.495 e. The van der Waals surface area contributed by atoms with E-state index in [-0.39, 0.29) is 11.9 Å². The van der Waals surface area contributed by atoms with Crippen molar-refractivity contribution in [2.75, 3.05) is 55.9 Å². The lowest BCUT2D eigenvalue weighted by atomic mass is 10.1. The first-order chi connectivity index (χ1) is 18.9. The molecule has 0 spiro atoms. The highest BCUT2D eigenvalue weighted by molar-refractivity contribution is 5.99. The number of hydrogen-bond donors (Lipinski definition) is 2. The number of methoxy groups -OCH3 is 1. The highest BCUT2D eigenvalue weighted by Crippen LogP contribution is 2.36. The van der Waals surface area contributed by atoms with E-state index in [0.717, 1.165) is 36.4 Å². The summed E-state index contributed by atoms with van der Waals surface area (Å²) in [6.45, 7) is 4.27. The molecule has 202 valence electrons. The number of piperazine rings is 1. The van der Waals surface area contributed by atoms with Crippen LogP contribution >= 0.6 is 0 Å². The van der Waals surface area contributed by atoms with E-state index in [2.05, 4.69) is 44.0 Å². The number of amides is 1. The smallest absolute Gasteiger partial charge is 0.319 e. The van der Waals surface area contributed by atoms with Gasteiger partial charge in [-0.3, -0.25) is 9.36 Å². The third-order valence-electron chi connectivity index (χ3n) is 6.73. The Morgan fingerprint density at radius 3 is 2.64 bits per heavy atom. The van der Waals surface area contributed by atoms with E-state index in [1.807, 2.05) is 18.2 Å². The molecule has 2 aromatic heterocycles. The molecular weight excluding hydrogens is 504 g/mol. The summed E-state index contributed by atoms with van der Waals surface area (Å²) >= 11 is 0. The van der Waals surface area contributed by atoms with Crippen molar-refractivity contribution in [2.24, 2.45) is 0 Å². The van der Waals surface area contributed by atoms with E-state index in [9.17, 15) is 13.6 Å². The zero-order chi connectivity index (χ0) is 27.5. The number of likely N-dealkylation sites (N-methyl/N-ethyl adjacent to an activating group) is 1. The number of carbonyl (C=O) groups excluding carboxylic acids is 1. The Bertz CT molecular complexity index is 1510. The van der Waals surface area contributed by atoms with Gasteiger partial charge in [-0.2, -0.15) is 8.78 Å². The summed E-state index contributed by atoms with van der Waals surface area (Å²) in [7, 11) is 3.60. The second-order valence-corrected chi connectivity index (χ2v) is 9.22. The molecule has 39 heavy (non-hydrogen) atoms. The molecule has 3 heterocycles.